The maximum absolute atomic E-state index is 13.0. The van der Waals surface area contributed by atoms with Crippen molar-refractivity contribution in [2.24, 2.45) is 0 Å². The number of ether oxygens (including phenoxy) is 1. The predicted octanol–water partition coefficient (Wildman–Crippen LogP) is 3.61. The maximum Gasteiger partial charge on any atom is 0.451 e. The third-order valence-electron chi connectivity index (χ3n) is 2.33. The van der Waals surface area contributed by atoms with Crippen LogP contribution in [-0.4, -0.2) is 17.0 Å². The third kappa shape index (κ3) is 3.56. The SMILES string of the molecule is CNc1cc(Oc2ccc(F)c(F)c2)nc(C(F)(F)F)n1. The standard InChI is InChI=1S/C12H8F5N3O/c1-18-9-5-10(20-11(19-9)12(15,16)17)21-6-2-3-7(13)8(14)4-6/h2-5H,1H3,(H,18,19,20). The molecule has 0 aliphatic rings. The van der Waals surface area contributed by atoms with E-state index in [1.165, 1.54) is 7.05 Å². The number of benzene rings is 1. The highest BCUT2D eigenvalue weighted by Gasteiger charge is 2.35. The summed E-state index contributed by atoms with van der Waals surface area (Å²) in [4.78, 5) is 6.42. The van der Waals surface area contributed by atoms with Crippen molar-refractivity contribution in [1.29, 1.82) is 0 Å². The summed E-state index contributed by atoms with van der Waals surface area (Å²) in [5, 5.41) is 2.42. The van der Waals surface area contributed by atoms with E-state index in [9.17, 15) is 22.0 Å². The van der Waals surface area contributed by atoms with E-state index in [-0.39, 0.29) is 11.6 Å². The molecule has 0 bridgehead atoms. The molecule has 1 N–H and O–H groups in total. The van der Waals surface area contributed by atoms with Crippen molar-refractivity contribution < 1.29 is 26.7 Å². The van der Waals surface area contributed by atoms with E-state index in [4.69, 9.17) is 4.74 Å². The van der Waals surface area contributed by atoms with Gasteiger partial charge in [0.15, 0.2) is 11.6 Å². The van der Waals surface area contributed by atoms with E-state index in [2.05, 4.69) is 15.3 Å². The Morgan fingerprint density at radius 2 is 1.76 bits per heavy atom. The molecular weight excluding hydrogens is 297 g/mol. The number of nitrogens with one attached hydrogen (secondary N) is 1. The summed E-state index contributed by atoms with van der Waals surface area (Å²) < 4.78 is 68.6. The van der Waals surface area contributed by atoms with Crippen molar-refractivity contribution in [1.82, 2.24) is 9.97 Å². The van der Waals surface area contributed by atoms with Crippen LogP contribution in [0.25, 0.3) is 0 Å². The van der Waals surface area contributed by atoms with Gasteiger partial charge in [-0.1, -0.05) is 0 Å². The molecule has 9 heteroatoms. The number of anilines is 1. The van der Waals surface area contributed by atoms with Crippen molar-refractivity contribution in [2.75, 3.05) is 12.4 Å². The molecule has 0 atom stereocenters. The van der Waals surface area contributed by atoms with Gasteiger partial charge < -0.3 is 10.1 Å². The first-order valence-electron chi connectivity index (χ1n) is 5.56. The van der Waals surface area contributed by atoms with Crippen LogP contribution < -0.4 is 10.1 Å². The molecule has 0 saturated carbocycles. The van der Waals surface area contributed by atoms with E-state index in [0.29, 0.717) is 6.07 Å². The van der Waals surface area contributed by atoms with Crippen LogP contribution in [-0.2, 0) is 6.18 Å². The quantitative estimate of drug-likeness (QED) is 0.880. The average molecular weight is 305 g/mol. The van der Waals surface area contributed by atoms with Crippen LogP contribution in [0.1, 0.15) is 5.82 Å². The Kier molecular flexibility index (Phi) is 3.92. The smallest absolute Gasteiger partial charge is 0.439 e. The molecule has 0 aliphatic carbocycles. The molecule has 21 heavy (non-hydrogen) atoms. The molecule has 4 nitrogen and oxygen atoms in total. The van der Waals surface area contributed by atoms with Gasteiger partial charge in [-0.3, -0.25) is 0 Å². The lowest BCUT2D eigenvalue weighted by atomic mass is 10.3. The zero-order valence-electron chi connectivity index (χ0n) is 10.5. The predicted molar refractivity (Wildman–Crippen MR) is 63.0 cm³/mol. The van der Waals surface area contributed by atoms with Crippen LogP contribution in [0.2, 0.25) is 0 Å². The van der Waals surface area contributed by atoms with Crippen LogP contribution in [0.15, 0.2) is 24.3 Å². The summed E-state index contributed by atoms with van der Waals surface area (Å²) in [6.07, 6.45) is -4.76. The Morgan fingerprint density at radius 1 is 1.05 bits per heavy atom. The fourth-order valence-corrected chi connectivity index (χ4v) is 1.39. The molecule has 0 saturated heterocycles. The fourth-order valence-electron chi connectivity index (χ4n) is 1.39. The first kappa shape index (κ1) is 14.9. The Labute approximate surface area is 115 Å². The number of hydrogen-bond acceptors (Lipinski definition) is 4. The number of aromatic nitrogens is 2. The summed E-state index contributed by atoms with van der Waals surface area (Å²) in [6.45, 7) is 0. The largest absolute Gasteiger partial charge is 0.451 e. The fraction of sp³-hybridized carbons (Fsp3) is 0.167. The van der Waals surface area contributed by atoms with Crippen molar-refractivity contribution >= 4 is 5.82 Å². The molecule has 1 aromatic heterocycles. The van der Waals surface area contributed by atoms with Gasteiger partial charge in [-0.05, 0) is 12.1 Å². The first-order chi connectivity index (χ1) is 9.79. The Bertz CT molecular complexity index is 660. The molecule has 0 unspecified atom stereocenters. The zero-order chi connectivity index (χ0) is 15.6. The minimum atomic E-state index is -4.76. The molecule has 0 spiro atoms. The van der Waals surface area contributed by atoms with E-state index < -0.39 is 29.5 Å². The molecule has 0 aliphatic heterocycles. The van der Waals surface area contributed by atoms with Gasteiger partial charge in [-0.25, -0.2) is 13.8 Å². The maximum atomic E-state index is 13.0. The average Bonchev–Trinajstić information content (AvgIpc) is 2.41. The number of alkyl halides is 3. The molecule has 0 amide bonds. The number of halogens is 5. The van der Waals surface area contributed by atoms with Crippen LogP contribution >= 0.6 is 0 Å². The Balaban J connectivity index is 2.36. The molecule has 112 valence electrons. The van der Waals surface area contributed by atoms with Gasteiger partial charge in [0.05, 0.1) is 0 Å². The molecule has 0 radical (unpaired) electrons. The number of rotatable bonds is 3. The second-order valence-corrected chi connectivity index (χ2v) is 3.84. The Hall–Kier alpha value is -2.45. The molecule has 0 fully saturated rings. The summed E-state index contributed by atoms with van der Waals surface area (Å²) >= 11 is 0. The van der Waals surface area contributed by atoms with E-state index in [0.717, 1.165) is 18.2 Å². The highest BCUT2D eigenvalue weighted by Crippen LogP contribution is 2.30. The first-order valence-corrected chi connectivity index (χ1v) is 5.56. The number of nitrogens with zero attached hydrogens (tertiary/aromatic N) is 2. The van der Waals surface area contributed by atoms with Gasteiger partial charge in [0.2, 0.25) is 11.7 Å². The second-order valence-electron chi connectivity index (χ2n) is 3.84. The summed E-state index contributed by atoms with van der Waals surface area (Å²) in [6, 6.07) is 3.64. The van der Waals surface area contributed by atoms with Crippen molar-refractivity contribution in [3.05, 3.63) is 41.7 Å². The van der Waals surface area contributed by atoms with E-state index in [1.807, 2.05) is 0 Å². The van der Waals surface area contributed by atoms with Gasteiger partial charge in [-0.15, -0.1) is 0 Å². The highest BCUT2D eigenvalue weighted by molar-refractivity contribution is 5.40. The monoisotopic (exact) mass is 305 g/mol. The van der Waals surface area contributed by atoms with Gasteiger partial charge in [-0.2, -0.15) is 18.2 Å². The van der Waals surface area contributed by atoms with Crippen LogP contribution in [0, 0.1) is 11.6 Å². The second kappa shape index (κ2) is 5.51. The van der Waals surface area contributed by atoms with Gasteiger partial charge >= 0.3 is 6.18 Å². The topological polar surface area (TPSA) is 47.0 Å². The summed E-state index contributed by atoms with van der Waals surface area (Å²) in [5.41, 5.74) is 0. The van der Waals surface area contributed by atoms with Gasteiger partial charge in [0, 0.05) is 19.2 Å². The van der Waals surface area contributed by atoms with E-state index >= 15 is 0 Å². The molecule has 1 heterocycles. The molecule has 1 aromatic carbocycles. The lowest BCUT2D eigenvalue weighted by Gasteiger charge is -2.10. The van der Waals surface area contributed by atoms with E-state index in [1.54, 1.807) is 0 Å². The summed E-state index contributed by atoms with van der Waals surface area (Å²) in [7, 11) is 1.36. The minimum absolute atomic E-state index is 0.130. The van der Waals surface area contributed by atoms with Crippen molar-refractivity contribution in [3.63, 3.8) is 0 Å². The molecular formula is C12H8F5N3O. The van der Waals surface area contributed by atoms with Crippen LogP contribution in [0.5, 0.6) is 11.6 Å². The van der Waals surface area contributed by atoms with Gasteiger partial charge in [0.25, 0.3) is 0 Å². The highest BCUT2D eigenvalue weighted by atomic mass is 19.4. The lowest BCUT2D eigenvalue weighted by Crippen LogP contribution is -2.12. The van der Waals surface area contributed by atoms with Crippen LogP contribution in [0.4, 0.5) is 27.8 Å². The van der Waals surface area contributed by atoms with Crippen molar-refractivity contribution in [2.45, 2.75) is 6.18 Å². The van der Waals surface area contributed by atoms with Crippen molar-refractivity contribution in [3.8, 4) is 11.6 Å². The Morgan fingerprint density at radius 3 is 2.33 bits per heavy atom. The minimum Gasteiger partial charge on any atom is -0.439 e. The summed E-state index contributed by atoms with van der Waals surface area (Å²) in [5.74, 6) is -4.47. The van der Waals surface area contributed by atoms with Gasteiger partial charge in [0.1, 0.15) is 11.6 Å². The third-order valence-corrected chi connectivity index (χ3v) is 2.33. The molecule has 2 rings (SSSR count). The zero-order valence-corrected chi connectivity index (χ0v) is 10.5. The number of hydrogen-bond donors (Lipinski definition) is 1. The molecule has 2 aromatic rings. The normalized spacial score (nSPS) is 11.3. The lowest BCUT2D eigenvalue weighted by molar-refractivity contribution is -0.145. The van der Waals surface area contributed by atoms with Crippen LogP contribution in [0.3, 0.4) is 0 Å².